The second kappa shape index (κ2) is 5.65. The number of ketones is 1. The van der Waals surface area contributed by atoms with Gasteiger partial charge in [0.05, 0.1) is 12.2 Å². The van der Waals surface area contributed by atoms with Gasteiger partial charge in [0.25, 0.3) is 5.78 Å². The summed E-state index contributed by atoms with van der Waals surface area (Å²) in [5.41, 5.74) is 3.80. The zero-order valence-electron chi connectivity index (χ0n) is 12.2. The van der Waals surface area contributed by atoms with Crippen LogP contribution in [0.2, 0.25) is 0 Å². The first kappa shape index (κ1) is 14.6. The second-order valence-corrected chi connectivity index (χ2v) is 5.19. The summed E-state index contributed by atoms with van der Waals surface area (Å²) in [4.78, 5) is 23.8. The van der Waals surface area contributed by atoms with Crippen LogP contribution >= 0.6 is 0 Å². The average molecular weight is 276 g/mol. The highest BCUT2D eigenvalue weighted by molar-refractivity contribution is 6.41. The van der Waals surface area contributed by atoms with Crippen LogP contribution in [0, 0.1) is 13.8 Å². The SMILES string of the molecule is CCOC(=O)C(=O)c1c(C)c2c(c(C)c1O)CCCC2. The van der Waals surface area contributed by atoms with Gasteiger partial charge in [-0.05, 0) is 68.7 Å². The molecular weight excluding hydrogens is 256 g/mol. The van der Waals surface area contributed by atoms with E-state index in [0.29, 0.717) is 0 Å². The number of carbonyl (C=O) groups is 2. The maximum absolute atomic E-state index is 12.2. The molecule has 0 spiro atoms. The molecule has 0 radical (unpaired) electrons. The van der Waals surface area contributed by atoms with E-state index in [1.54, 1.807) is 20.8 Å². The fourth-order valence-electron chi connectivity index (χ4n) is 2.97. The Morgan fingerprint density at radius 1 is 1.10 bits per heavy atom. The summed E-state index contributed by atoms with van der Waals surface area (Å²) in [5.74, 6) is -1.72. The van der Waals surface area contributed by atoms with Crippen molar-refractivity contribution in [3.63, 3.8) is 0 Å². The van der Waals surface area contributed by atoms with Gasteiger partial charge in [0.1, 0.15) is 5.75 Å². The number of phenols is 1. The van der Waals surface area contributed by atoms with Crippen molar-refractivity contribution in [1.29, 1.82) is 0 Å². The molecular formula is C16H20O4. The van der Waals surface area contributed by atoms with Gasteiger partial charge in [0.15, 0.2) is 0 Å². The number of carbonyl (C=O) groups excluding carboxylic acids is 2. The monoisotopic (exact) mass is 276 g/mol. The van der Waals surface area contributed by atoms with E-state index in [1.807, 2.05) is 0 Å². The summed E-state index contributed by atoms with van der Waals surface area (Å²) in [7, 11) is 0. The van der Waals surface area contributed by atoms with Crippen LogP contribution in [0.25, 0.3) is 0 Å². The van der Waals surface area contributed by atoms with Crippen molar-refractivity contribution >= 4 is 11.8 Å². The topological polar surface area (TPSA) is 63.6 Å². The highest BCUT2D eigenvalue weighted by Crippen LogP contribution is 2.36. The van der Waals surface area contributed by atoms with E-state index in [-0.39, 0.29) is 17.9 Å². The Labute approximate surface area is 118 Å². The van der Waals surface area contributed by atoms with Gasteiger partial charge in [-0.1, -0.05) is 0 Å². The molecule has 0 saturated heterocycles. The summed E-state index contributed by atoms with van der Waals surface area (Å²) in [6.45, 7) is 5.40. The number of phenolic OH excluding ortho intramolecular Hbond substituents is 1. The van der Waals surface area contributed by atoms with Gasteiger partial charge in [-0.2, -0.15) is 0 Å². The Balaban J connectivity index is 2.57. The predicted molar refractivity (Wildman–Crippen MR) is 75.2 cm³/mol. The molecule has 4 heteroatoms. The molecule has 1 aliphatic carbocycles. The van der Waals surface area contributed by atoms with E-state index < -0.39 is 11.8 Å². The molecule has 108 valence electrons. The van der Waals surface area contributed by atoms with Gasteiger partial charge in [0.2, 0.25) is 0 Å². The van der Waals surface area contributed by atoms with Gasteiger partial charge >= 0.3 is 5.97 Å². The highest BCUT2D eigenvalue weighted by Gasteiger charge is 2.28. The molecule has 0 bridgehead atoms. The van der Waals surface area contributed by atoms with Crippen LogP contribution in [0.1, 0.15) is 52.4 Å². The number of ether oxygens (including phenoxy) is 1. The largest absolute Gasteiger partial charge is 0.507 e. The Morgan fingerprint density at radius 3 is 2.20 bits per heavy atom. The van der Waals surface area contributed by atoms with Crippen molar-refractivity contribution in [1.82, 2.24) is 0 Å². The van der Waals surface area contributed by atoms with Crippen LogP contribution in [-0.2, 0) is 22.4 Å². The molecule has 1 N–H and O–H groups in total. The lowest BCUT2D eigenvalue weighted by Crippen LogP contribution is -2.21. The van der Waals surface area contributed by atoms with Crippen LogP contribution in [0.5, 0.6) is 5.75 Å². The summed E-state index contributed by atoms with van der Waals surface area (Å²) in [5, 5.41) is 10.3. The van der Waals surface area contributed by atoms with Crippen LogP contribution < -0.4 is 0 Å². The number of aromatic hydroxyl groups is 1. The Morgan fingerprint density at radius 2 is 1.65 bits per heavy atom. The lowest BCUT2D eigenvalue weighted by Gasteiger charge is -2.23. The molecule has 1 aromatic carbocycles. The lowest BCUT2D eigenvalue weighted by atomic mass is 9.82. The van der Waals surface area contributed by atoms with E-state index >= 15 is 0 Å². The fraction of sp³-hybridized carbons (Fsp3) is 0.500. The first-order valence-electron chi connectivity index (χ1n) is 7.04. The quantitative estimate of drug-likeness (QED) is 0.523. The number of hydrogen-bond acceptors (Lipinski definition) is 4. The molecule has 1 aliphatic rings. The maximum Gasteiger partial charge on any atom is 0.379 e. The Hall–Kier alpha value is -1.84. The van der Waals surface area contributed by atoms with Gasteiger partial charge < -0.3 is 9.84 Å². The van der Waals surface area contributed by atoms with Gasteiger partial charge in [0, 0.05) is 0 Å². The number of rotatable bonds is 3. The Kier molecular flexibility index (Phi) is 4.12. The molecule has 0 aliphatic heterocycles. The minimum absolute atomic E-state index is 0.0683. The normalized spacial score (nSPS) is 13.8. The van der Waals surface area contributed by atoms with Gasteiger partial charge in [-0.3, -0.25) is 4.79 Å². The second-order valence-electron chi connectivity index (χ2n) is 5.19. The summed E-state index contributed by atoms with van der Waals surface area (Å²) in [6, 6.07) is 0. The molecule has 0 saturated carbocycles. The van der Waals surface area contributed by atoms with E-state index in [4.69, 9.17) is 4.74 Å². The van der Waals surface area contributed by atoms with E-state index in [9.17, 15) is 14.7 Å². The zero-order valence-corrected chi connectivity index (χ0v) is 12.2. The summed E-state index contributed by atoms with van der Waals surface area (Å²) < 4.78 is 4.75. The maximum atomic E-state index is 12.2. The molecule has 0 heterocycles. The summed E-state index contributed by atoms with van der Waals surface area (Å²) >= 11 is 0. The number of esters is 1. The zero-order chi connectivity index (χ0) is 14.9. The van der Waals surface area contributed by atoms with Crippen molar-refractivity contribution < 1.29 is 19.4 Å². The highest BCUT2D eigenvalue weighted by atomic mass is 16.5. The predicted octanol–water partition coefficient (Wildman–Crippen LogP) is 2.63. The first-order chi connectivity index (χ1) is 9.49. The molecule has 0 amide bonds. The molecule has 1 aromatic rings. The molecule has 0 fully saturated rings. The first-order valence-corrected chi connectivity index (χ1v) is 7.04. The third-order valence-corrected chi connectivity index (χ3v) is 4.03. The minimum Gasteiger partial charge on any atom is -0.507 e. The van der Waals surface area contributed by atoms with Gasteiger partial charge in [-0.15, -0.1) is 0 Å². The standard InChI is InChI=1S/C16H20O4/c1-4-20-16(19)15(18)13-9(2)11-7-5-6-8-12(11)10(3)14(13)17/h17H,4-8H2,1-3H3. The van der Waals surface area contributed by atoms with Crippen molar-refractivity contribution in [2.75, 3.05) is 6.61 Å². The third kappa shape index (κ3) is 2.30. The number of hydrogen-bond donors (Lipinski definition) is 1. The van der Waals surface area contributed by atoms with Crippen LogP contribution in [0.3, 0.4) is 0 Å². The van der Waals surface area contributed by atoms with E-state index in [2.05, 4.69) is 0 Å². The van der Waals surface area contributed by atoms with Crippen LogP contribution in [0.4, 0.5) is 0 Å². The van der Waals surface area contributed by atoms with Crippen LogP contribution in [-0.4, -0.2) is 23.5 Å². The molecule has 0 unspecified atom stereocenters. The number of Topliss-reactive ketones (excluding diaryl/α,β-unsaturated/α-hetero) is 1. The molecule has 0 aromatic heterocycles. The van der Waals surface area contributed by atoms with Crippen molar-refractivity contribution in [2.24, 2.45) is 0 Å². The lowest BCUT2D eigenvalue weighted by molar-refractivity contribution is -0.137. The smallest absolute Gasteiger partial charge is 0.379 e. The summed E-state index contributed by atoms with van der Waals surface area (Å²) in [6.07, 6.45) is 3.98. The van der Waals surface area contributed by atoms with Crippen LogP contribution in [0.15, 0.2) is 0 Å². The average Bonchev–Trinajstić information content (AvgIpc) is 2.45. The Bertz CT molecular complexity index is 573. The molecule has 0 atom stereocenters. The van der Waals surface area contributed by atoms with E-state index in [1.165, 1.54) is 0 Å². The molecule has 20 heavy (non-hydrogen) atoms. The minimum atomic E-state index is -0.902. The third-order valence-electron chi connectivity index (χ3n) is 4.03. The van der Waals surface area contributed by atoms with Gasteiger partial charge in [-0.25, -0.2) is 4.79 Å². The van der Waals surface area contributed by atoms with Crippen molar-refractivity contribution in [2.45, 2.75) is 46.5 Å². The number of fused-ring (bicyclic) bond motifs is 1. The molecule has 4 nitrogen and oxygen atoms in total. The van der Waals surface area contributed by atoms with Crippen molar-refractivity contribution in [3.05, 3.63) is 27.8 Å². The fourth-order valence-corrected chi connectivity index (χ4v) is 2.97. The van der Waals surface area contributed by atoms with E-state index in [0.717, 1.165) is 47.9 Å². The molecule has 2 rings (SSSR count). The number of benzene rings is 1. The van der Waals surface area contributed by atoms with Crippen molar-refractivity contribution in [3.8, 4) is 5.75 Å².